The molecule has 76 valence electrons. The van der Waals surface area contributed by atoms with Gasteiger partial charge in [-0.2, -0.15) is 0 Å². The molecule has 1 aromatic carbocycles. The fourth-order valence-electron chi connectivity index (χ4n) is 1.01. The second-order valence-electron chi connectivity index (χ2n) is 3.06. The van der Waals surface area contributed by atoms with Crippen molar-refractivity contribution in [1.82, 2.24) is 0 Å². The average molecular weight is 322 g/mol. The maximum atomic E-state index is 11.7. The largest absolute Gasteiger partial charge is 0.219 e. The van der Waals surface area contributed by atoms with Crippen LogP contribution in [0.1, 0.15) is 12.5 Å². The predicted octanol–water partition coefficient (Wildman–Crippen LogP) is 3.07. The van der Waals surface area contributed by atoms with Crippen molar-refractivity contribution in [2.75, 3.05) is 0 Å². The van der Waals surface area contributed by atoms with E-state index in [-0.39, 0.29) is 0 Å². The molecule has 0 unspecified atom stereocenters. The predicted molar refractivity (Wildman–Crippen MR) is 66.1 cm³/mol. The fraction of sp³-hybridized carbons (Fsp3) is 0.200. The molecule has 14 heavy (non-hydrogen) atoms. The van der Waals surface area contributed by atoms with Crippen LogP contribution in [0.5, 0.6) is 0 Å². The molecule has 0 aliphatic heterocycles. The molecule has 0 bridgehead atoms. The van der Waals surface area contributed by atoms with Gasteiger partial charge < -0.3 is 0 Å². The Morgan fingerprint density at radius 2 is 1.79 bits per heavy atom. The summed E-state index contributed by atoms with van der Waals surface area (Å²) in [6, 6.07) is 6.84. The minimum Gasteiger partial charge on any atom is -0.219 e. The molecule has 0 amide bonds. The number of halogens is 1. The summed E-state index contributed by atoms with van der Waals surface area (Å²) in [7, 11) is -3.25. The van der Waals surface area contributed by atoms with Crippen LogP contribution in [0.25, 0.3) is 0 Å². The Morgan fingerprint density at radius 3 is 2.21 bits per heavy atom. The average Bonchev–Trinajstić information content (AvgIpc) is 2.02. The summed E-state index contributed by atoms with van der Waals surface area (Å²) in [5.74, 6) is 0. The van der Waals surface area contributed by atoms with Gasteiger partial charge in [-0.25, -0.2) is 8.42 Å². The molecule has 0 saturated heterocycles. The topological polar surface area (TPSA) is 34.1 Å². The van der Waals surface area contributed by atoms with E-state index in [0.717, 1.165) is 9.14 Å². The maximum absolute atomic E-state index is 11.7. The van der Waals surface area contributed by atoms with Crippen molar-refractivity contribution in [2.24, 2.45) is 0 Å². The highest BCUT2D eigenvalue weighted by Gasteiger charge is 2.09. The van der Waals surface area contributed by atoms with E-state index < -0.39 is 9.84 Å². The Morgan fingerprint density at radius 1 is 1.29 bits per heavy atom. The smallest absolute Gasteiger partial charge is 0.200 e. The maximum Gasteiger partial charge on any atom is 0.200 e. The van der Waals surface area contributed by atoms with Gasteiger partial charge in [-0.15, -0.1) is 0 Å². The molecule has 1 rings (SSSR count). The summed E-state index contributed by atoms with van der Waals surface area (Å²) in [6.45, 7) is 3.68. The van der Waals surface area contributed by atoms with Gasteiger partial charge in [0.1, 0.15) is 0 Å². The molecule has 0 spiro atoms. The van der Waals surface area contributed by atoms with Gasteiger partial charge in [0.15, 0.2) is 0 Å². The molecule has 0 heterocycles. The lowest BCUT2D eigenvalue weighted by molar-refractivity contribution is 0.604. The minimum absolute atomic E-state index is 0.346. The molecular weight excluding hydrogens is 311 g/mol. The van der Waals surface area contributed by atoms with Crippen LogP contribution in [0.15, 0.2) is 38.1 Å². The first-order valence-electron chi connectivity index (χ1n) is 4.07. The van der Waals surface area contributed by atoms with Crippen LogP contribution in [0, 0.1) is 6.92 Å². The molecule has 0 N–H and O–H groups in total. The number of sulfone groups is 1. The number of aryl methyl sites for hydroxylation is 1. The standard InChI is InChI=1S/C10H11IO2S/c1-8-3-5-10(6-4-8)14(12,13)7-9(2)11/h3-7H,1-2H3/b9-7-. The number of allylic oxidation sites excluding steroid dienone is 1. The van der Waals surface area contributed by atoms with Crippen molar-refractivity contribution in [2.45, 2.75) is 18.7 Å². The van der Waals surface area contributed by atoms with Gasteiger partial charge in [0.2, 0.25) is 9.84 Å². The Balaban J connectivity index is 3.18. The first-order chi connectivity index (χ1) is 6.42. The summed E-state index contributed by atoms with van der Waals surface area (Å²) < 4.78 is 24.1. The van der Waals surface area contributed by atoms with Crippen molar-refractivity contribution in [3.8, 4) is 0 Å². The van der Waals surface area contributed by atoms with Crippen molar-refractivity contribution >= 4 is 32.4 Å². The van der Waals surface area contributed by atoms with Crippen LogP contribution in [0.4, 0.5) is 0 Å². The molecule has 1 aromatic rings. The summed E-state index contributed by atoms with van der Waals surface area (Å²) in [4.78, 5) is 0.346. The lowest BCUT2D eigenvalue weighted by Crippen LogP contribution is -1.96. The van der Waals surface area contributed by atoms with Gasteiger partial charge >= 0.3 is 0 Å². The van der Waals surface area contributed by atoms with Crippen molar-refractivity contribution in [3.05, 3.63) is 38.8 Å². The molecule has 0 atom stereocenters. The Labute approximate surface area is 98.1 Å². The molecule has 0 fully saturated rings. The van der Waals surface area contributed by atoms with Crippen molar-refractivity contribution < 1.29 is 8.42 Å². The van der Waals surface area contributed by atoms with E-state index in [1.807, 2.05) is 29.5 Å². The highest BCUT2D eigenvalue weighted by atomic mass is 127. The van der Waals surface area contributed by atoms with Gasteiger partial charge in [0.05, 0.1) is 4.90 Å². The van der Waals surface area contributed by atoms with Crippen LogP contribution < -0.4 is 0 Å². The van der Waals surface area contributed by atoms with Crippen LogP contribution in [0.2, 0.25) is 0 Å². The summed E-state index contributed by atoms with van der Waals surface area (Å²) in [6.07, 6.45) is 0. The number of hydrogen-bond donors (Lipinski definition) is 0. The van der Waals surface area contributed by atoms with Crippen molar-refractivity contribution in [3.63, 3.8) is 0 Å². The van der Waals surface area contributed by atoms with E-state index in [1.54, 1.807) is 31.2 Å². The van der Waals surface area contributed by atoms with E-state index in [9.17, 15) is 8.42 Å². The Bertz CT molecular complexity index is 440. The second-order valence-corrected chi connectivity index (χ2v) is 6.56. The fourth-order valence-corrected chi connectivity index (χ4v) is 3.09. The molecule has 0 radical (unpaired) electrons. The Kier molecular flexibility index (Phi) is 3.71. The van der Waals surface area contributed by atoms with Crippen LogP contribution in [0.3, 0.4) is 0 Å². The molecule has 4 heteroatoms. The van der Waals surface area contributed by atoms with Gasteiger partial charge in [-0.3, -0.25) is 0 Å². The molecule has 0 aromatic heterocycles. The molecule has 0 saturated carbocycles. The second kappa shape index (κ2) is 4.44. The highest BCUT2D eigenvalue weighted by Crippen LogP contribution is 2.16. The molecule has 0 aliphatic carbocycles. The van der Waals surface area contributed by atoms with Gasteiger partial charge in [-0.05, 0) is 52.2 Å². The normalized spacial score (nSPS) is 12.9. The Hall–Kier alpha value is -0.360. The third-order valence-corrected chi connectivity index (χ3v) is 3.99. The van der Waals surface area contributed by atoms with E-state index >= 15 is 0 Å². The van der Waals surface area contributed by atoms with E-state index in [1.165, 1.54) is 5.41 Å². The molecular formula is C10H11IO2S. The molecule has 0 aliphatic rings. The zero-order chi connectivity index (χ0) is 10.8. The van der Waals surface area contributed by atoms with E-state index in [0.29, 0.717) is 4.90 Å². The zero-order valence-corrected chi connectivity index (χ0v) is 11.0. The van der Waals surface area contributed by atoms with Crippen LogP contribution in [-0.2, 0) is 9.84 Å². The van der Waals surface area contributed by atoms with Gasteiger partial charge in [0, 0.05) is 5.41 Å². The van der Waals surface area contributed by atoms with Gasteiger partial charge in [-0.1, -0.05) is 17.7 Å². The summed E-state index contributed by atoms with van der Waals surface area (Å²) in [5.41, 5.74) is 1.05. The minimum atomic E-state index is -3.25. The first kappa shape index (κ1) is 11.7. The monoisotopic (exact) mass is 322 g/mol. The van der Waals surface area contributed by atoms with E-state index in [4.69, 9.17) is 0 Å². The number of rotatable bonds is 2. The third kappa shape index (κ3) is 3.09. The first-order valence-corrected chi connectivity index (χ1v) is 6.70. The SMILES string of the molecule is C/C(I)=C/S(=O)(=O)c1ccc(C)cc1. The number of hydrogen-bond acceptors (Lipinski definition) is 2. The van der Waals surface area contributed by atoms with Crippen molar-refractivity contribution in [1.29, 1.82) is 0 Å². The van der Waals surface area contributed by atoms with E-state index in [2.05, 4.69) is 0 Å². The third-order valence-electron chi connectivity index (χ3n) is 1.67. The van der Waals surface area contributed by atoms with Crippen LogP contribution in [-0.4, -0.2) is 8.42 Å². The highest BCUT2D eigenvalue weighted by molar-refractivity contribution is 14.1. The number of benzene rings is 1. The quantitative estimate of drug-likeness (QED) is 0.784. The zero-order valence-electron chi connectivity index (χ0n) is 7.99. The molecule has 2 nitrogen and oxygen atoms in total. The summed E-state index contributed by atoms with van der Waals surface area (Å²) >= 11 is 1.98. The summed E-state index contributed by atoms with van der Waals surface area (Å²) in [5, 5.41) is 1.28. The van der Waals surface area contributed by atoms with Crippen LogP contribution >= 0.6 is 22.6 Å². The lowest BCUT2D eigenvalue weighted by atomic mass is 10.2. The van der Waals surface area contributed by atoms with Gasteiger partial charge in [0.25, 0.3) is 0 Å². The lowest BCUT2D eigenvalue weighted by Gasteiger charge is -1.99.